The molecule has 0 aliphatic carbocycles. The summed E-state index contributed by atoms with van der Waals surface area (Å²) in [4.78, 5) is 4.05. The molecule has 2 aromatic heterocycles. The van der Waals surface area contributed by atoms with Gasteiger partial charge in [0.05, 0.1) is 29.7 Å². The van der Waals surface area contributed by atoms with E-state index in [0.717, 1.165) is 5.69 Å². The third-order valence-corrected chi connectivity index (χ3v) is 2.14. The zero-order valence-corrected chi connectivity index (χ0v) is 9.27. The lowest BCUT2D eigenvalue weighted by Crippen LogP contribution is -2.03. The number of aryl methyl sites for hydroxylation is 1. The van der Waals surface area contributed by atoms with Crippen molar-refractivity contribution in [3.63, 3.8) is 0 Å². The summed E-state index contributed by atoms with van der Waals surface area (Å²) >= 11 is 0. The van der Waals surface area contributed by atoms with Gasteiger partial charge >= 0.3 is 0 Å². The van der Waals surface area contributed by atoms with Crippen LogP contribution in [-0.2, 0) is 6.54 Å². The van der Waals surface area contributed by atoms with E-state index in [1.807, 2.05) is 19.1 Å². The minimum Gasteiger partial charge on any atom is -0.397 e. The second-order valence-corrected chi connectivity index (χ2v) is 3.56. The van der Waals surface area contributed by atoms with Crippen LogP contribution in [0, 0.1) is 18.3 Å². The summed E-state index contributed by atoms with van der Waals surface area (Å²) in [5.41, 5.74) is 7.22. The molecular formula is C11H11N5O. The molecule has 2 aromatic rings. The Kier molecular flexibility index (Phi) is 2.92. The SMILES string of the molecule is Cc1cc(CNc2ncc(N)cc2C#N)on1. The molecule has 0 saturated heterocycles. The van der Waals surface area contributed by atoms with Crippen LogP contribution in [0.2, 0.25) is 0 Å². The van der Waals surface area contributed by atoms with Gasteiger partial charge in [-0.05, 0) is 13.0 Å². The first-order valence-electron chi connectivity index (χ1n) is 5.00. The fourth-order valence-electron chi connectivity index (χ4n) is 1.38. The van der Waals surface area contributed by atoms with Crippen LogP contribution in [0.3, 0.4) is 0 Å². The number of nitrogens with one attached hydrogen (secondary N) is 1. The molecule has 0 saturated carbocycles. The fourth-order valence-corrected chi connectivity index (χ4v) is 1.38. The van der Waals surface area contributed by atoms with Crippen LogP contribution >= 0.6 is 0 Å². The van der Waals surface area contributed by atoms with Crippen molar-refractivity contribution in [2.24, 2.45) is 0 Å². The Hall–Kier alpha value is -2.55. The Morgan fingerprint density at radius 2 is 2.35 bits per heavy atom. The topological polar surface area (TPSA) is 101 Å². The molecule has 2 rings (SSSR count). The smallest absolute Gasteiger partial charge is 0.156 e. The number of nitriles is 1. The Bertz CT molecular complexity index is 569. The first-order chi connectivity index (χ1) is 8.19. The van der Waals surface area contributed by atoms with E-state index in [0.29, 0.717) is 29.4 Å². The zero-order chi connectivity index (χ0) is 12.3. The first kappa shape index (κ1) is 11.0. The van der Waals surface area contributed by atoms with E-state index in [4.69, 9.17) is 15.5 Å². The van der Waals surface area contributed by atoms with Gasteiger partial charge in [-0.2, -0.15) is 5.26 Å². The Morgan fingerprint density at radius 3 is 3.00 bits per heavy atom. The molecule has 17 heavy (non-hydrogen) atoms. The quantitative estimate of drug-likeness (QED) is 0.825. The lowest BCUT2D eigenvalue weighted by molar-refractivity contribution is 0.384. The molecule has 86 valence electrons. The Morgan fingerprint density at radius 1 is 1.53 bits per heavy atom. The summed E-state index contributed by atoms with van der Waals surface area (Å²) in [5, 5.41) is 15.7. The average molecular weight is 229 g/mol. The maximum Gasteiger partial charge on any atom is 0.156 e. The van der Waals surface area contributed by atoms with E-state index in [1.54, 1.807) is 6.07 Å². The van der Waals surface area contributed by atoms with Crippen molar-refractivity contribution in [1.29, 1.82) is 5.26 Å². The number of pyridine rings is 1. The predicted molar refractivity (Wildman–Crippen MR) is 61.9 cm³/mol. The number of rotatable bonds is 3. The molecule has 0 bridgehead atoms. The van der Waals surface area contributed by atoms with Crippen molar-refractivity contribution in [3.8, 4) is 6.07 Å². The van der Waals surface area contributed by atoms with Crippen LogP contribution in [0.1, 0.15) is 17.0 Å². The first-order valence-corrected chi connectivity index (χ1v) is 5.00. The van der Waals surface area contributed by atoms with Gasteiger partial charge in [0.2, 0.25) is 0 Å². The highest BCUT2D eigenvalue weighted by Gasteiger charge is 2.05. The molecule has 0 fully saturated rings. The van der Waals surface area contributed by atoms with Crippen LogP contribution in [0.5, 0.6) is 0 Å². The fraction of sp³-hybridized carbons (Fsp3) is 0.182. The van der Waals surface area contributed by atoms with Gasteiger partial charge in [0.15, 0.2) is 5.76 Å². The minimum atomic E-state index is 0.404. The van der Waals surface area contributed by atoms with Gasteiger partial charge in [0.25, 0.3) is 0 Å². The third-order valence-electron chi connectivity index (χ3n) is 2.14. The number of aromatic nitrogens is 2. The molecule has 0 atom stereocenters. The zero-order valence-electron chi connectivity index (χ0n) is 9.27. The van der Waals surface area contributed by atoms with Gasteiger partial charge in [0.1, 0.15) is 11.9 Å². The van der Waals surface area contributed by atoms with E-state index < -0.39 is 0 Å². The van der Waals surface area contributed by atoms with Crippen molar-refractivity contribution in [2.45, 2.75) is 13.5 Å². The summed E-state index contributed by atoms with van der Waals surface area (Å²) in [6.07, 6.45) is 1.49. The summed E-state index contributed by atoms with van der Waals surface area (Å²) in [5.74, 6) is 1.17. The van der Waals surface area contributed by atoms with Crippen LogP contribution < -0.4 is 11.1 Å². The van der Waals surface area contributed by atoms with Gasteiger partial charge in [-0.15, -0.1) is 0 Å². The lowest BCUT2D eigenvalue weighted by atomic mass is 10.2. The second-order valence-electron chi connectivity index (χ2n) is 3.56. The summed E-state index contributed by atoms with van der Waals surface area (Å²) < 4.78 is 5.04. The van der Waals surface area contributed by atoms with Gasteiger partial charge < -0.3 is 15.6 Å². The molecule has 2 heterocycles. The maximum atomic E-state index is 8.92. The average Bonchev–Trinajstić information content (AvgIpc) is 2.73. The normalized spacial score (nSPS) is 9.88. The largest absolute Gasteiger partial charge is 0.397 e. The Balaban J connectivity index is 2.12. The van der Waals surface area contributed by atoms with Gasteiger partial charge in [0, 0.05) is 6.07 Å². The highest BCUT2D eigenvalue weighted by Crippen LogP contribution is 2.15. The second kappa shape index (κ2) is 4.53. The summed E-state index contributed by atoms with van der Waals surface area (Å²) in [6, 6.07) is 5.41. The van der Waals surface area contributed by atoms with Crippen molar-refractivity contribution in [1.82, 2.24) is 10.1 Å². The maximum absolute atomic E-state index is 8.92. The predicted octanol–water partition coefficient (Wildman–Crippen LogP) is 1.44. The summed E-state index contributed by atoms with van der Waals surface area (Å²) in [6.45, 7) is 2.27. The number of nitrogens with two attached hydrogens (primary N) is 1. The molecule has 0 spiro atoms. The molecule has 0 radical (unpaired) electrons. The minimum absolute atomic E-state index is 0.404. The summed E-state index contributed by atoms with van der Waals surface area (Å²) in [7, 11) is 0. The van der Waals surface area contributed by atoms with Crippen LogP contribution in [-0.4, -0.2) is 10.1 Å². The highest BCUT2D eigenvalue weighted by molar-refractivity contribution is 5.57. The van der Waals surface area contributed by atoms with Crippen molar-refractivity contribution >= 4 is 11.5 Å². The van der Waals surface area contributed by atoms with Crippen LogP contribution in [0.15, 0.2) is 22.9 Å². The lowest BCUT2D eigenvalue weighted by Gasteiger charge is -2.05. The van der Waals surface area contributed by atoms with Crippen LogP contribution in [0.25, 0.3) is 0 Å². The molecule has 0 aliphatic heterocycles. The molecule has 0 amide bonds. The number of nitrogen functional groups attached to an aromatic ring is 1. The van der Waals surface area contributed by atoms with E-state index in [2.05, 4.69) is 15.5 Å². The monoisotopic (exact) mass is 229 g/mol. The number of nitrogens with zero attached hydrogens (tertiary/aromatic N) is 3. The molecule has 0 aliphatic rings. The van der Waals surface area contributed by atoms with E-state index >= 15 is 0 Å². The molecule has 0 aromatic carbocycles. The van der Waals surface area contributed by atoms with E-state index in [1.165, 1.54) is 6.20 Å². The molecule has 6 heteroatoms. The van der Waals surface area contributed by atoms with Gasteiger partial charge in [-0.25, -0.2) is 4.98 Å². The molecular weight excluding hydrogens is 218 g/mol. The van der Waals surface area contributed by atoms with E-state index in [9.17, 15) is 0 Å². The number of anilines is 2. The number of hydrogen-bond donors (Lipinski definition) is 2. The number of hydrogen-bond acceptors (Lipinski definition) is 6. The van der Waals surface area contributed by atoms with Crippen molar-refractivity contribution in [2.75, 3.05) is 11.1 Å². The van der Waals surface area contributed by atoms with Crippen molar-refractivity contribution in [3.05, 3.63) is 35.3 Å². The van der Waals surface area contributed by atoms with Gasteiger partial charge in [-0.1, -0.05) is 5.16 Å². The highest BCUT2D eigenvalue weighted by atomic mass is 16.5. The molecule has 6 nitrogen and oxygen atoms in total. The standard InChI is InChI=1S/C11H11N5O/c1-7-2-10(17-16-7)6-15-11-8(4-12)3-9(13)5-14-11/h2-3,5H,6,13H2,1H3,(H,14,15). The van der Waals surface area contributed by atoms with E-state index in [-0.39, 0.29) is 0 Å². The molecule has 3 N–H and O–H groups in total. The Labute approximate surface area is 98.1 Å². The van der Waals surface area contributed by atoms with Crippen molar-refractivity contribution < 1.29 is 4.52 Å². The van der Waals surface area contributed by atoms with Gasteiger partial charge in [-0.3, -0.25) is 0 Å². The van der Waals surface area contributed by atoms with Crippen LogP contribution in [0.4, 0.5) is 11.5 Å². The molecule has 0 unspecified atom stereocenters. The third kappa shape index (κ3) is 2.52.